The van der Waals surface area contributed by atoms with Crippen LogP contribution in [0, 0.1) is 10.1 Å². The Balaban J connectivity index is 1.96. The van der Waals surface area contributed by atoms with E-state index in [0.717, 1.165) is 25.5 Å². The summed E-state index contributed by atoms with van der Waals surface area (Å²) in [6.45, 7) is 1.66. The smallest absolute Gasteiger partial charge is 0.433 e. The average molecular weight is 254 g/mol. The van der Waals surface area contributed by atoms with Crippen LogP contribution in [0.1, 0.15) is 23.4 Å². The van der Waals surface area contributed by atoms with Gasteiger partial charge in [0.05, 0.1) is 6.07 Å². The zero-order chi connectivity index (χ0) is 13.1. The molecule has 1 aromatic rings. The molecule has 0 spiro atoms. The van der Waals surface area contributed by atoms with Crippen molar-refractivity contribution in [2.75, 3.05) is 20.1 Å². The van der Waals surface area contributed by atoms with Gasteiger partial charge in [-0.2, -0.15) is 0 Å². The van der Waals surface area contributed by atoms with E-state index < -0.39 is 16.8 Å². The molecule has 0 aliphatic carbocycles. The molecule has 1 aliphatic rings. The van der Waals surface area contributed by atoms with Gasteiger partial charge >= 0.3 is 11.9 Å². The van der Waals surface area contributed by atoms with Crippen LogP contribution in [0.4, 0.5) is 5.88 Å². The number of esters is 1. The number of likely N-dealkylation sites (N-methyl/N-ethyl adjacent to an activating group) is 1. The summed E-state index contributed by atoms with van der Waals surface area (Å²) in [6, 6.07) is 2.40. The van der Waals surface area contributed by atoms with E-state index in [1.165, 1.54) is 6.07 Å². The molecule has 0 radical (unpaired) electrons. The second-order valence-electron chi connectivity index (χ2n) is 4.33. The van der Waals surface area contributed by atoms with Crippen molar-refractivity contribution in [1.82, 2.24) is 4.90 Å². The lowest BCUT2D eigenvalue weighted by molar-refractivity contribution is -0.402. The van der Waals surface area contributed by atoms with Crippen LogP contribution >= 0.6 is 0 Å². The van der Waals surface area contributed by atoms with E-state index >= 15 is 0 Å². The van der Waals surface area contributed by atoms with Gasteiger partial charge in [-0.3, -0.25) is 10.1 Å². The minimum absolute atomic E-state index is 0.130. The van der Waals surface area contributed by atoms with Crippen LogP contribution in [0.3, 0.4) is 0 Å². The Hall–Kier alpha value is -1.89. The molecule has 2 rings (SSSR count). The molecule has 1 atom stereocenters. The maximum Gasteiger partial charge on any atom is 0.433 e. The Kier molecular flexibility index (Phi) is 3.61. The molecule has 7 heteroatoms. The van der Waals surface area contributed by atoms with Crippen LogP contribution in [-0.4, -0.2) is 42.0 Å². The fraction of sp³-hybridized carbons (Fsp3) is 0.545. The number of ether oxygens (including phenoxy) is 1. The highest BCUT2D eigenvalue weighted by Crippen LogP contribution is 2.18. The van der Waals surface area contributed by atoms with Crippen molar-refractivity contribution < 1.29 is 18.9 Å². The molecule has 0 bridgehead atoms. The summed E-state index contributed by atoms with van der Waals surface area (Å²) in [5.41, 5.74) is 0. The van der Waals surface area contributed by atoms with Gasteiger partial charge in [-0.25, -0.2) is 4.79 Å². The van der Waals surface area contributed by atoms with Crippen molar-refractivity contribution in [3.63, 3.8) is 0 Å². The predicted molar refractivity (Wildman–Crippen MR) is 61.3 cm³/mol. The van der Waals surface area contributed by atoms with Crippen LogP contribution in [0.15, 0.2) is 16.5 Å². The highest BCUT2D eigenvalue weighted by molar-refractivity contribution is 5.86. The summed E-state index contributed by atoms with van der Waals surface area (Å²) in [5, 5.41) is 10.4. The molecule has 1 fully saturated rings. The van der Waals surface area contributed by atoms with Gasteiger partial charge < -0.3 is 14.1 Å². The first-order valence-corrected chi connectivity index (χ1v) is 5.70. The summed E-state index contributed by atoms with van der Waals surface area (Å²) in [5.74, 6) is -1.24. The Labute approximate surface area is 103 Å². The third-order valence-corrected chi connectivity index (χ3v) is 2.83. The number of likely N-dealkylation sites (tertiary alicyclic amines) is 1. The van der Waals surface area contributed by atoms with Gasteiger partial charge in [0, 0.05) is 6.54 Å². The number of furan rings is 1. The van der Waals surface area contributed by atoms with Gasteiger partial charge in [-0.15, -0.1) is 0 Å². The van der Waals surface area contributed by atoms with Crippen molar-refractivity contribution in [3.05, 3.63) is 28.0 Å². The molecule has 0 aromatic carbocycles. The zero-order valence-corrected chi connectivity index (χ0v) is 10.00. The summed E-state index contributed by atoms with van der Waals surface area (Å²) in [7, 11) is 1.96. The molecule has 1 saturated heterocycles. The average Bonchev–Trinajstić information content (AvgIpc) is 2.78. The maximum absolute atomic E-state index is 11.7. The van der Waals surface area contributed by atoms with E-state index in [0.29, 0.717) is 6.54 Å². The van der Waals surface area contributed by atoms with Crippen LogP contribution in [0.25, 0.3) is 0 Å². The molecule has 7 nitrogen and oxygen atoms in total. The van der Waals surface area contributed by atoms with Crippen molar-refractivity contribution >= 4 is 11.9 Å². The van der Waals surface area contributed by atoms with Crippen LogP contribution < -0.4 is 0 Å². The molecule has 0 amide bonds. The Morgan fingerprint density at radius 2 is 2.39 bits per heavy atom. The van der Waals surface area contributed by atoms with E-state index in [9.17, 15) is 14.9 Å². The van der Waals surface area contributed by atoms with E-state index in [1.54, 1.807) is 0 Å². The summed E-state index contributed by atoms with van der Waals surface area (Å²) < 4.78 is 10.0. The number of carbonyl (C=O) groups excluding carboxylic acids is 1. The number of carbonyl (C=O) groups is 1. The fourth-order valence-corrected chi connectivity index (χ4v) is 1.96. The van der Waals surface area contributed by atoms with Gasteiger partial charge in [0.1, 0.15) is 11.0 Å². The fourth-order valence-electron chi connectivity index (χ4n) is 1.96. The van der Waals surface area contributed by atoms with Crippen molar-refractivity contribution in [2.45, 2.75) is 18.9 Å². The maximum atomic E-state index is 11.7. The second-order valence-corrected chi connectivity index (χ2v) is 4.33. The highest BCUT2D eigenvalue weighted by Gasteiger charge is 2.24. The quantitative estimate of drug-likeness (QED) is 0.461. The van der Waals surface area contributed by atoms with Crippen LogP contribution in [-0.2, 0) is 4.74 Å². The second kappa shape index (κ2) is 5.18. The van der Waals surface area contributed by atoms with Crippen molar-refractivity contribution in [3.8, 4) is 0 Å². The molecule has 18 heavy (non-hydrogen) atoms. The number of nitrogens with zero attached hydrogens (tertiary/aromatic N) is 2. The molecule has 2 heterocycles. The Morgan fingerprint density at radius 3 is 3.00 bits per heavy atom. The monoisotopic (exact) mass is 254 g/mol. The van der Waals surface area contributed by atoms with Gasteiger partial charge in [0.25, 0.3) is 0 Å². The highest BCUT2D eigenvalue weighted by atomic mass is 16.7. The van der Waals surface area contributed by atoms with E-state index in [4.69, 9.17) is 9.15 Å². The van der Waals surface area contributed by atoms with E-state index in [-0.39, 0.29) is 11.9 Å². The van der Waals surface area contributed by atoms with E-state index in [2.05, 4.69) is 4.90 Å². The first-order chi connectivity index (χ1) is 8.56. The number of piperidine rings is 1. The predicted octanol–water partition coefficient (Wildman–Crippen LogP) is 1.44. The first-order valence-electron chi connectivity index (χ1n) is 5.70. The lowest BCUT2D eigenvalue weighted by Gasteiger charge is -2.28. The minimum atomic E-state index is -0.689. The Bertz CT molecular complexity index is 456. The third kappa shape index (κ3) is 2.86. The Morgan fingerprint density at radius 1 is 1.61 bits per heavy atom. The SMILES string of the molecule is CN1CCC[C@@H](OC(=O)c2ccc([N+](=O)[O-])o2)C1. The van der Waals surface area contributed by atoms with Crippen molar-refractivity contribution in [2.24, 2.45) is 0 Å². The summed E-state index contributed by atoms with van der Waals surface area (Å²) >= 11 is 0. The summed E-state index contributed by atoms with van der Waals surface area (Å²) in [6.07, 6.45) is 1.59. The number of hydrogen-bond donors (Lipinski definition) is 0. The van der Waals surface area contributed by atoms with Crippen LogP contribution in [0.2, 0.25) is 0 Å². The molecule has 0 saturated carbocycles. The van der Waals surface area contributed by atoms with Crippen LogP contribution in [0.5, 0.6) is 0 Å². The summed E-state index contributed by atoms with van der Waals surface area (Å²) in [4.78, 5) is 23.5. The third-order valence-electron chi connectivity index (χ3n) is 2.83. The lowest BCUT2D eigenvalue weighted by atomic mass is 10.1. The lowest BCUT2D eigenvalue weighted by Crippen LogP contribution is -2.38. The normalized spacial score (nSPS) is 20.6. The number of hydrogen-bond acceptors (Lipinski definition) is 6. The number of nitro groups is 1. The topological polar surface area (TPSA) is 85.8 Å². The molecule has 0 unspecified atom stereocenters. The molecule has 0 N–H and O–H groups in total. The molecule has 1 aliphatic heterocycles. The largest absolute Gasteiger partial charge is 0.455 e. The standard InChI is InChI=1S/C11H14N2O5/c1-12-6-2-3-8(7-12)17-11(14)9-4-5-10(18-9)13(15)16/h4-5,8H,2-3,6-7H2,1H3/t8-/m1/s1. The minimum Gasteiger partial charge on any atom is -0.455 e. The molecule has 1 aromatic heterocycles. The van der Waals surface area contributed by atoms with E-state index in [1.807, 2.05) is 7.05 Å². The molecular formula is C11H14N2O5. The first kappa shape index (κ1) is 12.6. The number of rotatable bonds is 3. The zero-order valence-electron chi connectivity index (χ0n) is 10.00. The molecular weight excluding hydrogens is 240 g/mol. The van der Waals surface area contributed by atoms with Gasteiger partial charge in [-0.05, 0) is 32.5 Å². The van der Waals surface area contributed by atoms with Gasteiger partial charge in [0.15, 0.2) is 0 Å². The van der Waals surface area contributed by atoms with Crippen molar-refractivity contribution in [1.29, 1.82) is 0 Å². The molecule has 98 valence electrons. The van der Waals surface area contributed by atoms with Gasteiger partial charge in [-0.1, -0.05) is 0 Å². The van der Waals surface area contributed by atoms with Gasteiger partial charge in [0.2, 0.25) is 5.76 Å².